The molecule has 0 spiro atoms. The number of imidazole rings is 1. The molecule has 20 heavy (non-hydrogen) atoms. The quantitative estimate of drug-likeness (QED) is 0.732. The van der Waals surface area contributed by atoms with Crippen molar-refractivity contribution in [2.75, 3.05) is 0 Å². The number of nitrogens with one attached hydrogen (secondary N) is 1. The van der Waals surface area contributed by atoms with E-state index in [0.717, 1.165) is 12.2 Å². The Morgan fingerprint density at radius 2 is 2.30 bits per heavy atom. The van der Waals surface area contributed by atoms with E-state index in [2.05, 4.69) is 25.9 Å². The molecule has 4 atom stereocenters. The molecule has 0 amide bonds. The summed E-state index contributed by atoms with van der Waals surface area (Å²) in [5.74, 6) is 1.01. The maximum absolute atomic E-state index is 10.8. The number of alkyl halides is 1. The van der Waals surface area contributed by atoms with Gasteiger partial charge in [0.25, 0.3) is 0 Å². The van der Waals surface area contributed by atoms with E-state index < -0.39 is 12.0 Å². The van der Waals surface area contributed by atoms with Crippen molar-refractivity contribution in [2.24, 2.45) is 11.7 Å². The summed E-state index contributed by atoms with van der Waals surface area (Å²) >= 11 is 3.73. The summed E-state index contributed by atoms with van der Waals surface area (Å²) < 4.78 is 0. The second-order valence-corrected chi connectivity index (χ2v) is 7.31. The van der Waals surface area contributed by atoms with Crippen LogP contribution < -0.4 is 5.73 Å². The lowest BCUT2D eigenvalue weighted by Gasteiger charge is -2.36. The SMILES string of the molecule is N[C@H](Cc1nc2c([nH]1)CCC1CC(Br)CCC21)C(=O)O. The number of nitrogens with two attached hydrogens (primary N) is 1. The molecule has 2 aliphatic rings. The molecule has 6 heteroatoms. The van der Waals surface area contributed by atoms with Crippen LogP contribution >= 0.6 is 15.9 Å². The van der Waals surface area contributed by atoms with Crippen molar-refractivity contribution >= 4 is 21.9 Å². The summed E-state index contributed by atoms with van der Waals surface area (Å²) in [5.41, 5.74) is 7.97. The number of aryl methyl sites for hydroxylation is 1. The molecule has 1 heterocycles. The highest BCUT2D eigenvalue weighted by molar-refractivity contribution is 9.09. The van der Waals surface area contributed by atoms with Gasteiger partial charge in [-0.15, -0.1) is 0 Å². The third-order valence-electron chi connectivity index (χ3n) is 4.63. The topological polar surface area (TPSA) is 92.0 Å². The van der Waals surface area contributed by atoms with Gasteiger partial charge in [0.15, 0.2) is 0 Å². The third-order valence-corrected chi connectivity index (χ3v) is 5.46. The Morgan fingerprint density at radius 1 is 1.50 bits per heavy atom. The van der Waals surface area contributed by atoms with E-state index in [1.54, 1.807) is 0 Å². The Kier molecular flexibility index (Phi) is 3.86. The highest BCUT2D eigenvalue weighted by Crippen LogP contribution is 2.45. The summed E-state index contributed by atoms with van der Waals surface area (Å²) in [6, 6.07) is -0.878. The normalized spacial score (nSPS) is 30.4. The van der Waals surface area contributed by atoms with E-state index in [0.29, 0.717) is 16.7 Å². The predicted octanol–water partition coefficient (Wildman–Crippen LogP) is 1.96. The summed E-state index contributed by atoms with van der Waals surface area (Å²) in [7, 11) is 0. The van der Waals surface area contributed by atoms with Crippen LogP contribution in [0.2, 0.25) is 0 Å². The number of rotatable bonds is 3. The number of nitrogens with zero attached hydrogens (tertiary/aromatic N) is 1. The molecule has 5 nitrogen and oxygen atoms in total. The molecule has 0 aliphatic heterocycles. The number of carboxylic acid groups (broad SMARTS) is 1. The van der Waals surface area contributed by atoms with E-state index in [1.807, 2.05) is 0 Å². The Morgan fingerprint density at radius 3 is 3.05 bits per heavy atom. The van der Waals surface area contributed by atoms with Crippen molar-refractivity contribution in [1.82, 2.24) is 9.97 Å². The van der Waals surface area contributed by atoms with Crippen molar-refractivity contribution in [2.45, 2.75) is 55.3 Å². The first kappa shape index (κ1) is 14.1. The first-order valence-corrected chi connectivity index (χ1v) is 8.16. The lowest BCUT2D eigenvalue weighted by molar-refractivity contribution is -0.138. The van der Waals surface area contributed by atoms with Crippen LogP contribution in [-0.2, 0) is 17.6 Å². The zero-order valence-electron chi connectivity index (χ0n) is 11.3. The van der Waals surface area contributed by atoms with Crippen molar-refractivity contribution in [3.8, 4) is 0 Å². The Bertz CT molecular complexity index is 517. The minimum atomic E-state index is -0.975. The van der Waals surface area contributed by atoms with E-state index in [1.165, 1.54) is 37.1 Å². The molecule has 0 bridgehead atoms. The second-order valence-electron chi connectivity index (χ2n) is 6.01. The molecule has 0 aromatic carbocycles. The Hall–Kier alpha value is -0.880. The summed E-state index contributed by atoms with van der Waals surface area (Å²) in [6.07, 6.45) is 6.08. The molecular weight excluding hydrogens is 322 g/mol. The second kappa shape index (κ2) is 5.48. The van der Waals surface area contributed by atoms with Crippen LogP contribution in [0, 0.1) is 5.92 Å². The Labute approximate surface area is 126 Å². The molecule has 1 saturated carbocycles. The fraction of sp³-hybridized carbons (Fsp3) is 0.714. The number of hydrogen-bond donors (Lipinski definition) is 3. The van der Waals surface area contributed by atoms with Gasteiger partial charge in [-0.25, -0.2) is 4.98 Å². The molecular formula is C14H20BrN3O2. The van der Waals surface area contributed by atoms with Crippen molar-refractivity contribution in [3.05, 3.63) is 17.2 Å². The molecule has 0 radical (unpaired) electrons. The number of H-pyrrole nitrogens is 1. The lowest BCUT2D eigenvalue weighted by atomic mass is 9.71. The van der Waals surface area contributed by atoms with E-state index >= 15 is 0 Å². The van der Waals surface area contributed by atoms with E-state index in [4.69, 9.17) is 10.8 Å². The minimum Gasteiger partial charge on any atom is -0.480 e. The van der Waals surface area contributed by atoms with Gasteiger partial charge in [-0.05, 0) is 38.0 Å². The smallest absolute Gasteiger partial charge is 0.320 e. The fourth-order valence-electron chi connectivity index (χ4n) is 3.58. The average molecular weight is 342 g/mol. The number of carboxylic acids is 1. The standard InChI is InChI=1S/C14H20BrN3O2/c15-8-2-3-9-7(5-8)1-4-11-13(9)18-12(17-11)6-10(16)14(19)20/h7-10H,1-6,16H2,(H,17,18)(H,19,20)/t7?,8?,9?,10-/m1/s1. The number of aromatic amines is 1. The number of aromatic nitrogens is 2. The molecule has 3 rings (SSSR count). The van der Waals surface area contributed by atoms with Crippen LogP contribution in [0.5, 0.6) is 0 Å². The van der Waals surface area contributed by atoms with Crippen LogP contribution in [0.1, 0.15) is 48.8 Å². The maximum Gasteiger partial charge on any atom is 0.320 e. The molecule has 110 valence electrons. The van der Waals surface area contributed by atoms with Crippen LogP contribution in [0.3, 0.4) is 0 Å². The monoisotopic (exact) mass is 341 g/mol. The van der Waals surface area contributed by atoms with Gasteiger partial charge in [-0.3, -0.25) is 4.79 Å². The molecule has 0 saturated heterocycles. The molecule has 1 aromatic rings. The number of aliphatic carboxylic acids is 1. The van der Waals surface area contributed by atoms with Gasteiger partial charge in [-0.1, -0.05) is 15.9 Å². The third kappa shape index (κ3) is 2.63. The summed E-state index contributed by atoms with van der Waals surface area (Å²) in [5, 5.41) is 8.89. The van der Waals surface area contributed by atoms with Gasteiger partial charge in [0.1, 0.15) is 11.9 Å². The first-order chi connectivity index (χ1) is 9.54. The van der Waals surface area contributed by atoms with Crippen LogP contribution in [-0.4, -0.2) is 31.9 Å². The van der Waals surface area contributed by atoms with Crippen LogP contribution in [0.4, 0.5) is 0 Å². The van der Waals surface area contributed by atoms with Gasteiger partial charge in [0.05, 0.1) is 5.69 Å². The average Bonchev–Trinajstić information content (AvgIpc) is 2.80. The van der Waals surface area contributed by atoms with Gasteiger partial charge in [0.2, 0.25) is 0 Å². The van der Waals surface area contributed by atoms with E-state index in [9.17, 15) is 4.79 Å². The molecule has 2 aliphatic carbocycles. The van der Waals surface area contributed by atoms with Gasteiger partial charge in [0, 0.05) is 22.9 Å². The summed E-state index contributed by atoms with van der Waals surface area (Å²) in [4.78, 5) is 19.4. The number of hydrogen-bond acceptors (Lipinski definition) is 3. The lowest BCUT2D eigenvalue weighted by Crippen LogP contribution is -2.32. The van der Waals surface area contributed by atoms with Crippen molar-refractivity contribution in [1.29, 1.82) is 0 Å². The molecule has 4 N–H and O–H groups in total. The molecule has 1 aromatic heterocycles. The highest BCUT2D eigenvalue weighted by Gasteiger charge is 2.36. The first-order valence-electron chi connectivity index (χ1n) is 7.24. The fourth-order valence-corrected chi connectivity index (χ4v) is 4.33. The largest absolute Gasteiger partial charge is 0.480 e. The maximum atomic E-state index is 10.8. The molecule has 3 unspecified atom stereocenters. The number of carbonyl (C=O) groups is 1. The van der Waals surface area contributed by atoms with Gasteiger partial charge in [-0.2, -0.15) is 0 Å². The van der Waals surface area contributed by atoms with E-state index in [-0.39, 0.29) is 6.42 Å². The zero-order chi connectivity index (χ0) is 14.3. The number of fused-ring (bicyclic) bond motifs is 3. The van der Waals surface area contributed by atoms with Crippen molar-refractivity contribution in [3.63, 3.8) is 0 Å². The van der Waals surface area contributed by atoms with Crippen LogP contribution in [0.15, 0.2) is 0 Å². The minimum absolute atomic E-state index is 0.279. The highest BCUT2D eigenvalue weighted by atomic mass is 79.9. The van der Waals surface area contributed by atoms with Crippen molar-refractivity contribution < 1.29 is 9.90 Å². The predicted molar refractivity (Wildman–Crippen MR) is 79.0 cm³/mol. The van der Waals surface area contributed by atoms with Gasteiger partial charge >= 0.3 is 5.97 Å². The zero-order valence-corrected chi connectivity index (χ0v) is 12.9. The Balaban J connectivity index is 1.79. The summed E-state index contributed by atoms with van der Waals surface area (Å²) in [6.45, 7) is 0. The van der Waals surface area contributed by atoms with Gasteiger partial charge < -0.3 is 15.8 Å². The number of halogens is 1. The van der Waals surface area contributed by atoms with Crippen LogP contribution in [0.25, 0.3) is 0 Å². The molecule has 1 fully saturated rings.